The summed E-state index contributed by atoms with van der Waals surface area (Å²) in [5.74, 6) is 2.41. The number of benzene rings is 2. The van der Waals surface area contributed by atoms with Gasteiger partial charge in [-0.15, -0.1) is 0 Å². The maximum absolute atomic E-state index is 12.4. The summed E-state index contributed by atoms with van der Waals surface area (Å²) in [7, 11) is 4.67. The lowest BCUT2D eigenvalue weighted by molar-refractivity contribution is 0.104. The molecule has 0 saturated carbocycles. The quantitative estimate of drug-likeness (QED) is 0.595. The molecule has 0 saturated heterocycles. The number of carbonyl (C=O) groups excluding carboxylic acids is 1. The van der Waals surface area contributed by atoms with Gasteiger partial charge in [0.1, 0.15) is 5.75 Å². The summed E-state index contributed by atoms with van der Waals surface area (Å²) in [6.45, 7) is 0.675. The van der Waals surface area contributed by atoms with E-state index in [1.165, 1.54) is 6.08 Å². The molecule has 130 valence electrons. The highest BCUT2D eigenvalue weighted by Gasteiger charge is 2.15. The second-order valence-corrected chi connectivity index (χ2v) is 5.58. The average molecular weight is 340 g/mol. The summed E-state index contributed by atoms with van der Waals surface area (Å²) >= 11 is 0. The molecule has 3 rings (SSSR count). The zero-order valence-electron chi connectivity index (χ0n) is 14.5. The van der Waals surface area contributed by atoms with Gasteiger partial charge in [-0.25, -0.2) is 0 Å². The lowest BCUT2D eigenvalue weighted by Crippen LogP contribution is -1.97. The van der Waals surface area contributed by atoms with Crippen molar-refractivity contribution in [1.29, 1.82) is 0 Å². The Hall–Kier alpha value is -2.95. The fourth-order valence-corrected chi connectivity index (χ4v) is 2.81. The standard InChI is InChI=1S/C20H20O5/c1-22-18-10-13(11-19(23-2)20(18)24-3)4-6-16(21)14-5-7-17-15(12-14)8-9-25-17/h4-7,10-12H,8-9H2,1-3H3. The molecule has 0 spiro atoms. The number of hydrogen-bond acceptors (Lipinski definition) is 5. The van der Waals surface area contributed by atoms with E-state index in [1.54, 1.807) is 45.6 Å². The molecule has 2 aromatic rings. The molecular weight excluding hydrogens is 320 g/mol. The predicted octanol–water partition coefficient (Wildman–Crippen LogP) is 3.54. The average Bonchev–Trinajstić information content (AvgIpc) is 3.12. The summed E-state index contributed by atoms with van der Waals surface area (Å²) in [4.78, 5) is 12.4. The number of methoxy groups -OCH3 is 3. The van der Waals surface area contributed by atoms with Gasteiger partial charge in [-0.3, -0.25) is 4.79 Å². The van der Waals surface area contributed by atoms with Crippen molar-refractivity contribution in [3.8, 4) is 23.0 Å². The first-order chi connectivity index (χ1) is 12.2. The van der Waals surface area contributed by atoms with E-state index < -0.39 is 0 Å². The van der Waals surface area contributed by atoms with Crippen molar-refractivity contribution in [1.82, 2.24) is 0 Å². The Morgan fingerprint density at radius 3 is 2.40 bits per heavy atom. The maximum Gasteiger partial charge on any atom is 0.203 e. The highest BCUT2D eigenvalue weighted by Crippen LogP contribution is 2.38. The monoisotopic (exact) mass is 340 g/mol. The zero-order chi connectivity index (χ0) is 17.8. The number of rotatable bonds is 6. The van der Waals surface area contributed by atoms with Gasteiger partial charge in [-0.1, -0.05) is 6.08 Å². The SMILES string of the molecule is COc1cc(C=CC(=O)c2ccc3c(c2)CCO3)cc(OC)c1OC. The summed E-state index contributed by atoms with van der Waals surface area (Å²) < 4.78 is 21.4. The molecule has 0 bridgehead atoms. The third kappa shape index (κ3) is 3.45. The van der Waals surface area contributed by atoms with Gasteiger partial charge < -0.3 is 18.9 Å². The summed E-state index contributed by atoms with van der Waals surface area (Å²) in [5.41, 5.74) is 2.51. The van der Waals surface area contributed by atoms with Crippen molar-refractivity contribution < 1.29 is 23.7 Å². The molecule has 0 N–H and O–H groups in total. The Bertz CT molecular complexity index is 798. The number of carbonyl (C=O) groups is 1. The second-order valence-electron chi connectivity index (χ2n) is 5.58. The zero-order valence-corrected chi connectivity index (χ0v) is 14.5. The molecule has 0 fully saturated rings. The van der Waals surface area contributed by atoms with Crippen LogP contribution in [0, 0.1) is 0 Å². The summed E-state index contributed by atoms with van der Waals surface area (Å²) in [6, 6.07) is 9.11. The highest BCUT2D eigenvalue weighted by atomic mass is 16.5. The smallest absolute Gasteiger partial charge is 0.203 e. The molecular formula is C20H20O5. The first-order valence-corrected chi connectivity index (χ1v) is 7.94. The summed E-state index contributed by atoms with van der Waals surface area (Å²) in [6.07, 6.45) is 4.11. The van der Waals surface area contributed by atoms with Crippen LogP contribution in [-0.2, 0) is 6.42 Å². The van der Waals surface area contributed by atoms with Gasteiger partial charge in [0.25, 0.3) is 0 Å². The van der Waals surface area contributed by atoms with Crippen molar-refractivity contribution in [3.63, 3.8) is 0 Å². The van der Waals surface area contributed by atoms with E-state index in [-0.39, 0.29) is 5.78 Å². The minimum Gasteiger partial charge on any atom is -0.493 e. The largest absolute Gasteiger partial charge is 0.493 e. The molecule has 5 nitrogen and oxygen atoms in total. The van der Waals surface area contributed by atoms with Crippen LogP contribution >= 0.6 is 0 Å². The van der Waals surface area contributed by atoms with Crippen LogP contribution in [-0.4, -0.2) is 33.7 Å². The van der Waals surface area contributed by atoms with Crippen LogP contribution in [0.4, 0.5) is 0 Å². The van der Waals surface area contributed by atoms with Crippen LogP contribution < -0.4 is 18.9 Å². The van der Waals surface area contributed by atoms with Crippen LogP contribution in [0.25, 0.3) is 6.08 Å². The fourth-order valence-electron chi connectivity index (χ4n) is 2.81. The van der Waals surface area contributed by atoms with Gasteiger partial charge >= 0.3 is 0 Å². The number of hydrogen-bond donors (Lipinski definition) is 0. The second kappa shape index (κ2) is 7.30. The summed E-state index contributed by atoms with van der Waals surface area (Å²) in [5, 5.41) is 0. The molecule has 0 radical (unpaired) electrons. The van der Waals surface area contributed by atoms with Crippen molar-refractivity contribution in [2.75, 3.05) is 27.9 Å². The Labute approximate surface area is 146 Å². The molecule has 0 aromatic heterocycles. The Morgan fingerprint density at radius 2 is 1.76 bits per heavy atom. The van der Waals surface area contributed by atoms with Crippen LogP contribution in [0.5, 0.6) is 23.0 Å². The van der Waals surface area contributed by atoms with Crippen molar-refractivity contribution in [3.05, 3.63) is 53.1 Å². The Morgan fingerprint density at radius 1 is 1.04 bits per heavy atom. The van der Waals surface area contributed by atoms with Crippen LogP contribution in [0.3, 0.4) is 0 Å². The van der Waals surface area contributed by atoms with E-state index in [2.05, 4.69) is 0 Å². The van der Waals surface area contributed by atoms with E-state index in [1.807, 2.05) is 12.1 Å². The molecule has 0 amide bonds. The molecule has 0 unspecified atom stereocenters. The van der Waals surface area contributed by atoms with Crippen LogP contribution in [0.1, 0.15) is 21.5 Å². The first-order valence-electron chi connectivity index (χ1n) is 7.94. The van der Waals surface area contributed by atoms with Gasteiger partial charge in [0.2, 0.25) is 5.75 Å². The number of fused-ring (bicyclic) bond motifs is 1. The van der Waals surface area contributed by atoms with E-state index in [0.717, 1.165) is 23.3 Å². The van der Waals surface area contributed by atoms with Crippen molar-refractivity contribution in [2.24, 2.45) is 0 Å². The fraction of sp³-hybridized carbons (Fsp3) is 0.250. The molecule has 2 aromatic carbocycles. The van der Waals surface area contributed by atoms with Gasteiger partial charge in [0.05, 0.1) is 27.9 Å². The third-order valence-electron chi connectivity index (χ3n) is 4.09. The predicted molar refractivity (Wildman–Crippen MR) is 95.1 cm³/mol. The lowest BCUT2D eigenvalue weighted by atomic mass is 10.0. The van der Waals surface area contributed by atoms with Crippen LogP contribution in [0.15, 0.2) is 36.4 Å². The van der Waals surface area contributed by atoms with Crippen molar-refractivity contribution >= 4 is 11.9 Å². The molecule has 1 heterocycles. The topological polar surface area (TPSA) is 54.0 Å². The highest BCUT2D eigenvalue weighted by molar-refractivity contribution is 6.07. The van der Waals surface area contributed by atoms with Gasteiger partial charge in [0, 0.05) is 12.0 Å². The van der Waals surface area contributed by atoms with E-state index in [4.69, 9.17) is 18.9 Å². The van der Waals surface area contributed by atoms with Gasteiger partial charge in [-0.2, -0.15) is 0 Å². The molecule has 25 heavy (non-hydrogen) atoms. The molecule has 0 aliphatic carbocycles. The molecule has 0 atom stereocenters. The number of ether oxygens (including phenoxy) is 4. The number of ketones is 1. The Balaban J connectivity index is 1.85. The van der Waals surface area contributed by atoms with E-state index >= 15 is 0 Å². The minimum atomic E-state index is -0.0662. The molecule has 1 aliphatic rings. The molecule has 5 heteroatoms. The minimum absolute atomic E-state index is 0.0662. The Kier molecular flexibility index (Phi) is 4.93. The van der Waals surface area contributed by atoms with Crippen molar-refractivity contribution in [2.45, 2.75) is 6.42 Å². The van der Waals surface area contributed by atoms with E-state index in [0.29, 0.717) is 29.4 Å². The maximum atomic E-state index is 12.4. The lowest BCUT2D eigenvalue weighted by Gasteiger charge is -2.12. The van der Waals surface area contributed by atoms with E-state index in [9.17, 15) is 4.79 Å². The number of allylic oxidation sites excluding steroid dienone is 1. The molecule has 1 aliphatic heterocycles. The van der Waals surface area contributed by atoms with Crippen LogP contribution in [0.2, 0.25) is 0 Å². The first kappa shape index (κ1) is 16.9. The third-order valence-corrected chi connectivity index (χ3v) is 4.09. The normalized spacial score (nSPS) is 12.6. The van der Waals surface area contributed by atoms with Gasteiger partial charge in [0.15, 0.2) is 17.3 Å². The van der Waals surface area contributed by atoms with Gasteiger partial charge in [-0.05, 0) is 47.5 Å².